The second-order valence-corrected chi connectivity index (χ2v) is 6.12. The van der Waals surface area contributed by atoms with Crippen LogP contribution in [-0.2, 0) is 4.79 Å². The van der Waals surface area contributed by atoms with Gasteiger partial charge in [-0.2, -0.15) is 5.10 Å². The van der Waals surface area contributed by atoms with Gasteiger partial charge in [0.05, 0.1) is 3.57 Å². The standard InChI is InChI=1S/C17H12F2IN3O/c18-13-9-12(10-14(19)15(13)20)22-17(24)16(23-8-4-7-21-23)11-5-2-1-3-6-11/h1-10,16H,(H,22,24). The van der Waals surface area contributed by atoms with Crippen LogP contribution in [0, 0.1) is 15.2 Å². The quantitative estimate of drug-likeness (QED) is 0.494. The summed E-state index contributed by atoms with van der Waals surface area (Å²) >= 11 is 1.57. The van der Waals surface area contributed by atoms with E-state index in [4.69, 9.17) is 0 Å². The summed E-state index contributed by atoms with van der Waals surface area (Å²) in [7, 11) is 0. The molecule has 0 fully saturated rings. The van der Waals surface area contributed by atoms with Gasteiger partial charge in [0, 0.05) is 18.1 Å². The highest BCUT2D eigenvalue weighted by Gasteiger charge is 2.23. The number of nitrogens with zero attached hydrogens (tertiary/aromatic N) is 2. The molecule has 2 aromatic carbocycles. The van der Waals surface area contributed by atoms with Crippen LogP contribution in [0.1, 0.15) is 11.6 Å². The molecule has 0 aliphatic rings. The fourth-order valence-corrected chi connectivity index (χ4v) is 2.64. The third-order valence-electron chi connectivity index (χ3n) is 3.40. The summed E-state index contributed by atoms with van der Waals surface area (Å²) in [4.78, 5) is 12.7. The number of halogens is 3. The van der Waals surface area contributed by atoms with Gasteiger partial charge in [-0.25, -0.2) is 8.78 Å². The van der Waals surface area contributed by atoms with E-state index in [1.807, 2.05) is 18.2 Å². The largest absolute Gasteiger partial charge is 0.324 e. The number of carbonyl (C=O) groups excluding carboxylic acids is 1. The molecule has 1 atom stereocenters. The first-order chi connectivity index (χ1) is 11.6. The monoisotopic (exact) mass is 439 g/mol. The fraction of sp³-hybridized carbons (Fsp3) is 0.0588. The van der Waals surface area contributed by atoms with Crippen molar-refractivity contribution in [2.75, 3.05) is 5.32 Å². The molecule has 0 saturated heterocycles. The van der Waals surface area contributed by atoms with E-state index in [2.05, 4.69) is 10.4 Å². The third-order valence-corrected chi connectivity index (χ3v) is 4.43. The van der Waals surface area contributed by atoms with E-state index in [1.54, 1.807) is 53.2 Å². The molecule has 0 saturated carbocycles. The van der Waals surface area contributed by atoms with Crippen molar-refractivity contribution in [2.45, 2.75) is 6.04 Å². The lowest BCUT2D eigenvalue weighted by molar-refractivity contribution is -0.118. The Hall–Kier alpha value is -2.29. The number of amides is 1. The summed E-state index contributed by atoms with van der Waals surface area (Å²) in [5.41, 5.74) is 0.772. The van der Waals surface area contributed by atoms with Crippen molar-refractivity contribution in [3.63, 3.8) is 0 Å². The van der Waals surface area contributed by atoms with Gasteiger partial charge in [0.15, 0.2) is 6.04 Å². The second kappa shape index (κ2) is 7.08. The number of benzene rings is 2. The van der Waals surface area contributed by atoms with Gasteiger partial charge < -0.3 is 5.32 Å². The zero-order valence-electron chi connectivity index (χ0n) is 12.3. The van der Waals surface area contributed by atoms with Crippen LogP contribution >= 0.6 is 22.6 Å². The summed E-state index contributed by atoms with van der Waals surface area (Å²) in [5.74, 6) is -1.88. The Bertz CT molecular complexity index is 831. The second-order valence-electron chi connectivity index (χ2n) is 5.04. The summed E-state index contributed by atoms with van der Waals surface area (Å²) < 4.78 is 28.7. The Morgan fingerprint density at radius 2 is 1.79 bits per heavy atom. The van der Waals surface area contributed by atoms with Crippen molar-refractivity contribution in [1.29, 1.82) is 0 Å². The van der Waals surface area contributed by atoms with Gasteiger partial charge in [-0.3, -0.25) is 9.48 Å². The van der Waals surface area contributed by atoms with E-state index in [0.717, 1.165) is 12.1 Å². The highest BCUT2D eigenvalue weighted by atomic mass is 127. The highest BCUT2D eigenvalue weighted by Crippen LogP contribution is 2.23. The van der Waals surface area contributed by atoms with Gasteiger partial charge in [0.2, 0.25) is 0 Å². The summed E-state index contributed by atoms with van der Waals surface area (Å²) in [6.45, 7) is 0. The molecule has 4 nitrogen and oxygen atoms in total. The van der Waals surface area contributed by atoms with Crippen molar-refractivity contribution in [1.82, 2.24) is 9.78 Å². The van der Waals surface area contributed by atoms with Crippen molar-refractivity contribution >= 4 is 34.2 Å². The predicted molar refractivity (Wildman–Crippen MR) is 94.5 cm³/mol. The van der Waals surface area contributed by atoms with Crippen molar-refractivity contribution in [2.24, 2.45) is 0 Å². The normalized spacial score (nSPS) is 12.0. The van der Waals surface area contributed by atoms with E-state index in [0.29, 0.717) is 5.56 Å². The van der Waals surface area contributed by atoms with E-state index >= 15 is 0 Å². The van der Waals surface area contributed by atoms with E-state index in [-0.39, 0.29) is 9.26 Å². The lowest BCUT2D eigenvalue weighted by Crippen LogP contribution is -2.27. The molecule has 1 unspecified atom stereocenters. The summed E-state index contributed by atoms with van der Waals surface area (Å²) in [6, 6.07) is 12.2. The van der Waals surface area contributed by atoms with Gasteiger partial charge in [0.25, 0.3) is 5.91 Å². The number of anilines is 1. The minimum atomic E-state index is -0.744. The Morgan fingerprint density at radius 3 is 2.38 bits per heavy atom. The van der Waals surface area contributed by atoms with Crippen LogP contribution in [0.4, 0.5) is 14.5 Å². The predicted octanol–water partition coefficient (Wildman–Crippen LogP) is 3.99. The average molecular weight is 439 g/mol. The first-order valence-electron chi connectivity index (χ1n) is 7.06. The third kappa shape index (κ3) is 3.45. The molecular weight excluding hydrogens is 427 g/mol. The molecule has 1 aromatic heterocycles. The topological polar surface area (TPSA) is 46.9 Å². The maximum Gasteiger partial charge on any atom is 0.253 e. The molecule has 0 aliphatic carbocycles. The molecule has 1 N–H and O–H groups in total. The molecule has 24 heavy (non-hydrogen) atoms. The van der Waals surface area contributed by atoms with Gasteiger partial charge in [-0.05, 0) is 46.4 Å². The molecule has 122 valence electrons. The van der Waals surface area contributed by atoms with Crippen LogP contribution in [0.15, 0.2) is 60.9 Å². The molecule has 3 rings (SSSR count). The van der Waals surface area contributed by atoms with Crippen LogP contribution in [0.2, 0.25) is 0 Å². The first-order valence-corrected chi connectivity index (χ1v) is 8.13. The number of aromatic nitrogens is 2. The molecule has 0 aliphatic heterocycles. The SMILES string of the molecule is O=C(Nc1cc(F)c(I)c(F)c1)C(c1ccccc1)n1cccn1. The zero-order chi connectivity index (χ0) is 17.1. The van der Waals surface area contributed by atoms with E-state index < -0.39 is 23.6 Å². The number of hydrogen-bond donors (Lipinski definition) is 1. The van der Waals surface area contributed by atoms with Crippen molar-refractivity contribution in [3.8, 4) is 0 Å². The van der Waals surface area contributed by atoms with Gasteiger partial charge in [0.1, 0.15) is 11.6 Å². The van der Waals surface area contributed by atoms with Crippen LogP contribution in [0.25, 0.3) is 0 Å². The first kappa shape index (κ1) is 16.6. The lowest BCUT2D eigenvalue weighted by atomic mass is 10.1. The molecule has 0 bridgehead atoms. The number of nitrogens with one attached hydrogen (secondary N) is 1. The molecule has 0 radical (unpaired) electrons. The average Bonchev–Trinajstić information content (AvgIpc) is 3.08. The molecule has 3 aromatic rings. The smallest absolute Gasteiger partial charge is 0.253 e. The molecule has 1 amide bonds. The Labute approximate surface area is 150 Å². The number of carbonyl (C=O) groups is 1. The minimum Gasteiger partial charge on any atom is -0.324 e. The van der Waals surface area contributed by atoms with E-state index in [9.17, 15) is 13.6 Å². The number of rotatable bonds is 4. The Kier molecular flexibility index (Phi) is 4.89. The van der Waals surface area contributed by atoms with E-state index in [1.165, 1.54) is 4.68 Å². The Balaban J connectivity index is 1.93. The zero-order valence-corrected chi connectivity index (χ0v) is 14.4. The lowest BCUT2D eigenvalue weighted by Gasteiger charge is -2.18. The molecule has 0 spiro atoms. The van der Waals surface area contributed by atoms with Crippen LogP contribution in [0.3, 0.4) is 0 Å². The maximum absolute atomic E-state index is 13.7. The van der Waals surface area contributed by atoms with Crippen LogP contribution < -0.4 is 5.32 Å². The van der Waals surface area contributed by atoms with Crippen LogP contribution in [0.5, 0.6) is 0 Å². The number of hydrogen-bond acceptors (Lipinski definition) is 2. The van der Waals surface area contributed by atoms with Crippen LogP contribution in [-0.4, -0.2) is 15.7 Å². The molecular formula is C17H12F2IN3O. The van der Waals surface area contributed by atoms with Crippen molar-refractivity contribution in [3.05, 3.63) is 81.7 Å². The Morgan fingerprint density at radius 1 is 1.12 bits per heavy atom. The highest BCUT2D eigenvalue weighted by molar-refractivity contribution is 14.1. The van der Waals surface area contributed by atoms with Gasteiger partial charge in [-0.15, -0.1) is 0 Å². The fourth-order valence-electron chi connectivity index (χ4n) is 2.33. The molecule has 1 heterocycles. The maximum atomic E-state index is 13.7. The molecule has 7 heteroatoms. The van der Waals surface area contributed by atoms with Gasteiger partial charge >= 0.3 is 0 Å². The summed E-state index contributed by atoms with van der Waals surface area (Å²) in [5, 5.41) is 6.67. The van der Waals surface area contributed by atoms with Gasteiger partial charge in [-0.1, -0.05) is 30.3 Å². The van der Waals surface area contributed by atoms with Crippen molar-refractivity contribution < 1.29 is 13.6 Å². The minimum absolute atomic E-state index is 0.0588. The summed E-state index contributed by atoms with van der Waals surface area (Å²) in [6.07, 6.45) is 3.22.